The molecular formula is CH23O13Rb. The molecule has 0 atom stereocenters. The van der Waals surface area contributed by atoms with E-state index in [0.29, 0.717) is 0 Å². The van der Waals surface area contributed by atoms with Crippen LogP contribution in [0.3, 0.4) is 0 Å². The summed E-state index contributed by atoms with van der Waals surface area (Å²) in [7, 11) is 0. The van der Waals surface area contributed by atoms with Crippen LogP contribution in [0.2, 0.25) is 0 Å². The van der Waals surface area contributed by atoms with E-state index in [1.54, 1.807) is 0 Å². The summed E-state index contributed by atoms with van der Waals surface area (Å²) < 4.78 is 0. The summed E-state index contributed by atoms with van der Waals surface area (Å²) in [6.07, 6.45) is -1.83. The summed E-state index contributed by atoms with van der Waals surface area (Å²) in [6, 6.07) is 0. The summed E-state index contributed by atoms with van der Waals surface area (Å²) in [6.45, 7) is 0. The van der Waals surface area contributed by atoms with Gasteiger partial charge in [0.15, 0.2) is 0 Å². The Hall–Kier alpha value is 0.675. The van der Waals surface area contributed by atoms with Crippen LogP contribution in [0, 0.1) is 0 Å². The van der Waals surface area contributed by atoms with Gasteiger partial charge in [-0.2, -0.15) is 0 Å². The largest absolute Gasteiger partial charge is 1.00 e. The van der Waals surface area contributed by atoms with Gasteiger partial charge in [-0.15, -0.1) is 0 Å². The van der Waals surface area contributed by atoms with Gasteiger partial charge in [-0.25, -0.2) is 4.79 Å². The van der Waals surface area contributed by atoms with E-state index in [9.17, 15) is 0 Å². The van der Waals surface area contributed by atoms with Gasteiger partial charge in [-0.1, -0.05) is 0 Å². The Labute approximate surface area is 134 Å². The molecule has 0 aromatic heterocycles. The van der Waals surface area contributed by atoms with E-state index in [-0.39, 0.29) is 114 Å². The Balaban J connectivity index is -0.000000000682. The molecule has 0 aromatic rings. The van der Waals surface area contributed by atoms with Crippen molar-refractivity contribution in [3.8, 4) is 0 Å². The van der Waals surface area contributed by atoms with E-state index in [1.165, 1.54) is 0 Å². The fraction of sp³-hybridized carbons (Fsp3) is 0. The molecule has 0 radical (unpaired) electrons. The molecule has 0 aromatic carbocycles. The summed E-state index contributed by atoms with van der Waals surface area (Å²) >= 11 is 0. The van der Waals surface area contributed by atoms with Gasteiger partial charge in [0, 0.05) is 0 Å². The van der Waals surface area contributed by atoms with E-state index in [1.807, 2.05) is 0 Å². The van der Waals surface area contributed by atoms with Crippen LogP contribution in [-0.4, -0.2) is 71.1 Å². The second-order valence-electron chi connectivity index (χ2n) is 0.283. The molecule has 15 heavy (non-hydrogen) atoms. The molecule has 0 aliphatic carbocycles. The molecule has 0 fully saturated rings. The fourth-order valence-corrected chi connectivity index (χ4v) is 0. The minimum Gasteiger partial charge on any atom is -1.00 e. The topological polar surface area (TPSA) is 373 Å². The van der Waals surface area contributed by atoms with Crippen LogP contribution in [0.15, 0.2) is 0 Å². The zero-order valence-corrected chi connectivity index (χ0v) is 12.7. The van der Waals surface area contributed by atoms with Crippen molar-refractivity contribution in [1.29, 1.82) is 0 Å². The Morgan fingerprint density at radius 2 is 0.600 bits per heavy atom. The van der Waals surface area contributed by atoms with Gasteiger partial charge in [0.2, 0.25) is 0 Å². The fourth-order valence-electron chi connectivity index (χ4n) is 0. The quantitative estimate of drug-likeness (QED) is 0.437. The predicted molar refractivity (Wildman–Crippen MR) is 47.9 cm³/mol. The maximum Gasteiger partial charge on any atom is 1.00 e. The van der Waals surface area contributed by atoms with Crippen molar-refractivity contribution in [2.24, 2.45) is 0 Å². The van der Waals surface area contributed by atoms with Crippen molar-refractivity contribution in [2.45, 2.75) is 0 Å². The Kier molecular flexibility index (Phi) is 3390. The zero-order chi connectivity index (χ0) is 3.58. The van der Waals surface area contributed by atoms with Gasteiger partial charge in [-0.05, 0) is 0 Å². The molecule has 0 heterocycles. The third kappa shape index (κ3) is 5170. The second kappa shape index (κ2) is 203. The summed E-state index contributed by atoms with van der Waals surface area (Å²) in [5, 5.41) is 13.9. The monoisotopic (exact) mass is 328 g/mol. The molecule has 0 rings (SSSR count). The number of carbonyl (C=O) groups is 1. The van der Waals surface area contributed by atoms with Crippen LogP contribution in [-0.2, 0) is 0 Å². The molecule has 22 N–H and O–H groups in total. The van der Waals surface area contributed by atoms with Crippen LogP contribution in [0.4, 0.5) is 4.79 Å². The van der Waals surface area contributed by atoms with E-state index < -0.39 is 6.16 Å². The molecular weight excluding hydrogens is 305 g/mol. The summed E-state index contributed by atoms with van der Waals surface area (Å²) in [5.41, 5.74) is 0. The summed E-state index contributed by atoms with van der Waals surface area (Å²) in [5.74, 6) is 0. The molecule has 0 spiro atoms. The van der Waals surface area contributed by atoms with E-state index >= 15 is 0 Å². The van der Waals surface area contributed by atoms with Gasteiger partial charge in [0.25, 0.3) is 0 Å². The number of carboxylic acid groups (broad SMARTS) is 2. The Bertz CT molecular complexity index is 38.9. The van der Waals surface area contributed by atoms with Crippen LogP contribution in [0.5, 0.6) is 0 Å². The third-order valence-corrected chi connectivity index (χ3v) is 0. The molecule has 0 amide bonds. The molecule has 0 aliphatic rings. The average molecular weight is 329 g/mol. The smallest absolute Gasteiger partial charge is 1.00 e. The molecule has 106 valence electrons. The van der Waals surface area contributed by atoms with Crippen molar-refractivity contribution in [2.75, 3.05) is 0 Å². The molecule has 0 saturated carbocycles. The van der Waals surface area contributed by atoms with Gasteiger partial charge < -0.3 is 66.4 Å². The third-order valence-electron chi connectivity index (χ3n) is 0. The second-order valence-corrected chi connectivity index (χ2v) is 0.283. The van der Waals surface area contributed by atoms with Crippen molar-refractivity contribution < 1.29 is 129 Å². The molecule has 0 unspecified atom stereocenters. The maximum atomic E-state index is 8.56. The van der Waals surface area contributed by atoms with Gasteiger partial charge in [0.1, 0.15) is 0 Å². The zero-order valence-electron chi connectivity index (χ0n) is 8.80. The van der Waals surface area contributed by atoms with Crippen molar-refractivity contribution >= 4 is 6.16 Å². The average Bonchev–Trinajstić information content (AvgIpc) is 0.811. The van der Waals surface area contributed by atoms with Crippen LogP contribution >= 0.6 is 0 Å². The normalized spacial score (nSPS) is 1.60. The molecule has 14 heteroatoms. The number of hydrogen-bond donors (Lipinski definition) is 2. The summed E-state index contributed by atoms with van der Waals surface area (Å²) in [4.78, 5) is 8.56. The first kappa shape index (κ1) is 250. The predicted octanol–water partition coefficient (Wildman–Crippen LogP) is -10.9. The Morgan fingerprint density at radius 3 is 0.600 bits per heavy atom. The van der Waals surface area contributed by atoms with Crippen LogP contribution in [0.25, 0.3) is 0 Å². The maximum absolute atomic E-state index is 8.56. The molecule has 0 aliphatic heterocycles. The minimum atomic E-state index is -1.83. The standard InChI is InChI=1S/CH2O3.10H2O.Rb.H/c2-1(3)4;;;;;;;;;;;;/h(H2,2,3,4);10*1H2;;/q;;;;;;;;;;;+1;-1. The van der Waals surface area contributed by atoms with Crippen molar-refractivity contribution in [1.82, 2.24) is 0 Å². The van der Waals surface area contributed by atoms with Gasteiger partial charge >= 0.3 is 64.3 Å². The number of hydrogen-bond acceptors (Lipinski definition) is 1. The SMILES string of the molecule is O.O.O.O.O.O.O.O.O.O.O=C(O)O.[H-].[Rb+]. The van der Waals surface area contributed by atoms with E-state index in [2.05, 4.69) is 0 Å². The van der Waals surface area contributed by atoms with Crippen molar-refractivity contribution in [3.05, 3.63) is 0 Å². The van der Waals surface area contributed by atoms with E-state index in [4.69, 9.17) is 15.0 Å². The number of rotatable bonds is 0. The molecule has 13 nitrogen and oxygen atoms in total. The first-order valence-corrected chi connectivity index (χ1v) is 0.651. The van der Waals surface area contributed by atoms with Gasteiger partial charge in [-0.3, -0.25) is 0 Å². The van der Waals surface area contributed by atoms with Crippen LogP contribution in [0.1, 0.15) is 1.43 Å². The first-order chi connectivity index (χ1) is 1.73. The Morgan fingerprint density at radius 1 is 0.600 bits per heavy atom. The van der Waals surface area contributed by atoms with Gasteiger partial charge in [0.05, 0.1) is 0 Å². The minimum absolute atomic E-state index is 0. The molecule has 0 bridgehead atoms. The molecule has 0 saturated heterocycles. The first-order valence-electron chi connectivity index (χ1n) is 0.651. The van der Waals surface area contributed by atoms with E-state index in [0.717, 1.165) is 0 Å². The van der Waals surface area contributed by atoms with Crippen LogP contribution < -0.4 is 58.2 Å². The van der Waals surface area contributed by atoms with Crippen molar-refractivity contribution in [3.63, 3.8) is 0 Å².